The number of aromatic nitrogens is 1. The van der Waals surface area contributed by atoms with Crippen LogP contribution in [0.25, 0.3) is 22.0 Å². The summed E-state index contributed by atoms with van der Waals surface area (Å²) in [5.41, 5.74) is 10.1. The molecule has 0 unspecified atom stereocenters. The number of fused-ring (bicyclic) bond motifs is 1. The number of amides is 1. The normalized spacial score (nSPS) is 10.7. The number of halogens is 3. The van der Waals surface area contributed by atoms with Crippen LogP contribution >= 0.6 is 11.6 Å². The van der Waals surface area contributed by atoms with Crippen molar-refractivity contribution in [2.45, 2.75) is 0 Å². The molecule has 2 aromatic carbocycles. The third-order valence-electron chi connectivity index (χ3n) is 3.80. The van der Waals surface area contributed by atoms with Crippen molar-refractivity contribution in [3.8, 4) is 17.0 Å². The summed E-state index contributed by atoms with van der Waals surface area (Å²) in [7, 11) is 1.30. The summed E-state index contributed by atoms with van der Waals surface area (Å²) in [6, 6.07) is 6.43. The highest BCUT2D eigenvalue weighted by Gasteiger charge is 2.19. The standard InChI is InChI=1S/C18H13ClF2N4O2/c1-27-9-5-13(20)15(14(21)6-9)16-11-4-8(17(26)25-18(22)23)2-3-10(11)12(19)7-24-16/h2-7H,1H3,(H4,22,23,25,26). The van der Waals surface area contributed by atoms with Crippen molar-refractivity contribution < 1.29 is 18.3 Å². The fourth-order valence-electron chi connectivity index (χ4n) is 2.62. The number of nitrogens with zero attached hydrogens (tertiary/aromatic N) is 2. The summed E-state index contributed by atoms with van der Waals surface area (Å²) in [6.07, 6.45) is 1.28. The molecular formula is C18H13ClF2N4O2. The van der Waals surface area contributed by atoms with Crippen LogP contribution in [0.3, 0.4) is 0 Å². The van der Waals surface area contributed by atoms with E-state index in [0.29, 0.717) is 5.39 Å². The second-order valence-electron chi connectivity index (χ2n) is 5.52. The van der Waals surface area contributed by atoms with Crippen LogP contribution in [0.5, 0.6) is 5.75 Å². The molecule has 1 aromatic heterocycles. The lowest BCUT2D eigenvalue weighted by molar-refractivity contribution is 0.100. The third-order valence-corrected chi connectivity index (χ3v) is 4.11. The number of ether oxygens (including phenoxy) is 1. The van der Waals surface area contributed by atoms with Gasteiger partial charge in [0, 0.05) is 34.7 Å². The molecule has 0 fully saturated rings. The number of rotatable bonds is 3. The van der Waals surface area contributed by atoms with Crippen LogP contribution in [-0.4, -0.2) is 24.0 Å². The summed E-state index contributed by atoms with van der Waals surface area (Å²) >= 11 is 6.14. The summed E-state index contributed by atoms with van der Waals surface area (Å²) in [5, 5.41) is 0.976. The molecule has 0 saturated heterocycles. The molecule has 0 spiro atoms. The molecule has 1 amide bonds. The molecule has 0 aliphatic carbocycles. The number of aliphatic imine (C=N–C) groups is 1. The Balaban J connectivity index is 2.30. The first kappa shape index (κ1) is 18.5. The molecule has 9 heteroatoms. The van der Waals surface area contributed by atoms with Crippen LogP contribution in [0.4, 0.5) is 8.78 Å². The lowest BCUT2D eigenvalue weighted by Gasteiger charge is -2.11. The SMILES string of the molecule is COc1cc(F)c(-c2ncc(Cl)c3ccc(C(=O)N=C(N)N)cc23)c(F)c1. The van der Waals surface area contributed by atoms with E-state index in [4.69, 9.17) is 27.8 Å². The van der Waals surface area contributed by atoms with E-state index in [1.165, 1.54) is 31.5 Å². The van der Waals surface area contributed by atoms with Crippen molar-refractivity contribution in [3.05, 3.63) is 58.7 Å². The molecular weight excluding hydrogens is 378 g/mol. The van der Waals surface area contributed by atoms with E-state index in [1.54, 1.807) is 0 Å². The smallest absolute Gasteiger partial charge is 0.280 e. The van der Waals surface area contributed by atoms with Crippen LogP contribution < -0.4 is 16.2 Å². The number of carbonyl (C=O) groups is 1. The van der Waals surface area contributed by atoms with Crippen molar-refractivity contribution in [2.75, 3.05) is 7.11 Å². The summed E-state index contributed by atoms with van der Waals surface area (Å²) < 4.78 is 33.9. The molecule has 0 aliphatic rings. The predicted molar refractivity (Wildman–Crippen MR) is 98.8 cm³/mol. The van der Waals surface area contributed by atoms with Crippen LogP contribution in [0.1, 0.15) is 10.4 Å². The molecule has 3 rings (SSSR count). The molecule has 0 saturated carbocycles. The fourth-order valence-corrected chi connectivity index (χ4v) is 2.83. The second kappa shape index (κ2) is 7.16. The zero-order valence-corrected chi connectivity index (χ0v) is 14.7. The number of guanidine groups is 1. The Morgan fingerprint density at radius 1 is 1.15 bits per heavy atom. The Labute approximate surface area is 157 Å². The zero-order valence-electron chi connectivity index (χ0n) is 14.0. The summed E-state index contributed by atoms with van der Waals surface area (Å²) in [5.74, 6) is -2.83. The van der Waals surface area contributed by atoms with Gasteiger partial charge in [-0.15, -0.1) is 0 Å². The van der Waals surface area contributed by atoms with Crippen LogP contribution in [0.15, 0.2) is 41.5 Å². The van der Waals surface area contributed by atoms with E-state index in [0.717, 1.165) is 12.1 Å². The van der Waals surface area contributed by atoms with Gasteiger partial charge in [0.2, 0.25) is 0 Å². The number of hydrogen-bond donors (Lipinski definition) is 2. The maximum Gasteiger partial charge on any atom is 0.280 e. The average molecular weight is 391 g/mol. The topological polar surface area (TPSA) is 104 Å². The quantitative estimate of drug-likeness (QED) is 0.527. The van der Waals surface area contributed by atoms with Crippen LogP contribution in [-0.2, 0) is 0 Å². The van der Waals surface area contributed by atoms with Gasteiger partial charge in [-0.1, -0.05) is 17.7 Å². The van der Waals surface area contributed by atoms with Crippen molar-refractivity contribution >= 4 is 34.2 Å². The summed E-state index contributed by atoms with van der Waals surface area (Å²) in [6.45, 7) is 0. The Kier molecular flexibility index (Phi) is 4.91. The number of benzene rings is 2. The lowest BCUT2D eigenvalue weighted by atomic mass is 10.0. The molecule has 6 nitrogen and oxygen atoms in total. The molecule has 0 aliphatic heterocycles. The van der Waals surface area contributed by atoms with E-state index >= 15 is 0 Å². The molecule has 0 bridgehead atoms. The van der Waals surface area contributed by atoms with Gasteiger partial charge in [-0.2, -0.15) is 4.99 Å². The maximum absolute atomic E-state index is 14.5. The minimum absolute atomic E-state index is 0.0218. The van der Waals surface area contributed by atoms with Gasteiger partial charge in [0.1, 0.15) is 17.4 Å². The van der Waals surface area contributed by atoms with Crippen LogP contribution in [0.2, 0.25) is 5.02 Å². The Morgan fingerprint density at radius 2 is 1.81 bits per heavy atom. The number of methoxy groups -OCH3 is 1. The van der Waals surface area contributed by atoms with Gasteiger partial charge in [-0.3, -0.25) is 9.78 Å². The second-order valence-corrected chi connectivity index (χ2v) is 5.93. The van der Waals surface area contributed by atoms with Crippen molar-refractivity contribution in [2.24, 2.45) is 16.5 Å². The molecule has 138 valence electrons. The Bertz CT molecular complexity index is 1080. The first-order valence-electron chi connectivity index (χ1n) is 7.57. The molecule has 0 radical (unpaired) electrons. The van der Waals surface area contributed by atoms with E-state index in [-0.39, 0.29) is 33.0 Å². The van der Waals surface area contributed by atoms with Gasteiger partial charge in [-0.05, 0) is 12.1 Å². The number of nitrogens with two attached hydrogens (primary N) is 2. The molecule has 1 heterocycles. The molecule has 3 aromatic rings. The van der Waals surface area contributed by atoms with E-state index in [1.807, 2.05) is 0 Å². The zero-order chi connectivity index (χ0) is 19.7. The van der Waals surface area contributed by atoms with Gasteiger partial charge in [0.05, 0.1) is 23.4 Å². The highest BCUT2D eigenvalue weighted by atomic mass is 35.5. The largest absolute Gasteiger partial charge is 0.497 e. The fraction of sp³-hybridized carbons (Fsp3) is 0.0556. The van der Waals surface area contributed by atoms with Crippen molar-refractivity contribution in [1.82, 2.24) is 4.98 Å². The number of pyridine rings is 1. The lowest BCUT2D eigenvalue weighted by Crippen LogP contribution is -2.24. The maximum atomic E-state index is 14.5. The summed E-state index contributed by atoms with van der Waals surface area (Å²) in [4.78, 5) is 19.6. The van der Waals surface area contributed by atoms with Gasteiger partial charge < -0.3 is 16.2 Å². The van der Waals surface area contributed by atoms with E-state index in [2.05, 4.69) is 9.98 Å². The van der Waals surface area contributed by atoms with Crippen LogP contribution in [0, 0.1) is 11.6 Å². The first-order chi connectivity index (χ1) is 12.8. The Hall–Kier alpha value is -3.26. The molecule has 4 N–H and O–H groups in total. The third kappa shape index (κ3) is 3.52. The molecule has 0 atom stereocenters. The highest BCUT2D eigenvalue weighted by molar-refractivity contribution is 6.35. The van der Waals surface area contributed by atoms with Gasteiger partial charge >= 0.3 is 0 Å². The van der Waals surface area contributed by atoms with E-state index < -0.39 is 23.5 Å². The number of carbonyl (C=O) groups excluding carboxylic acids is 1. The minimum Gasteiger partial charge on any atom is -0.497 e. The minimum atomic E-state index is -0.871. The average Bonchev–Trinajstić information content (AvgIpc) is 2.62. The van der Waals surface area contributed by atoms with E-state index in [9.17, 15) is 13.6 Å². The van der Waals surface area contributed by atoms with Crippen molar-refractivity contribution in [3.63, 3.8) is 0 Å². The number of hydrogen-bond acceptors (Lipinski definition) is 3. The van der Waals surface area contributed by atoms with Gasteiger partial charge in [0.15, 0.2) is 5.96 Å². The first-order valence-corrected chi connectivity index (χ1v) is 7.95. The van der Waals surface area contributed by atoms with Gasteiger partial charge in [-0.25, -0.2) is 8.78 Å². The van der Waals surface area contributed by atoms with Gasteiger partial charge in [0.25, 0.3) is 5.91 Å². The highest BCUT2D eigenvalue weighted by Crippen LogP contribution is 2.36. The predicted octanol–water partition coefficient (Wildman–Crippen LogP) is 3.26. The van der Waals surface area contributed by atoms with Crippen molar-refractivity contribution in [1.29, 1.82) is 0 Å². The monoisotopic (exact) mass is 390 g/mol. The Morgan fingerprint density at radius 3 is 2.41 bits per heavy atom. The molecule has 27 heavy (non-hydrogen) atoms.